The molecular weight excluding hydrogens is 293 g/mol. The summed E-state index contributed by atoms with van der Waals surface area (Å²) in [4.78, 5) is 17.5. The molecule has 122 valence electrons. The summed E-state index contributed by atoms with van der Waals surface area (Å²) in [7, 11) is 3.51. The summed E-state index contributed by atoms with van der Waals surface area (Å²) in [5.41, 5.74) is 2.39. The Labute approximate surface area is 136 Å². The molecule has 0 aliphatic heterocycles. The molecule has 0 fully saturated rings. The Bertz CT molecular complexity index is 661. The standard InChI is InChI=1S/C18H22FN3O/c1-13(18(23)20-2)11-22(3)12-16-5-4-15(10-17(16)19)14-6-8-21-9-7-14/h4-10,13H,11-12H2,1-3H3,(H,20,23)/t13-/m1/s1. The van der Waals surface area contributed by atoms with Gasteiger partial charge >= 0.3 is 0 Å². The fraction of sp³-hybridized carbons (Fsp3) is 0.333. The van der Waals surface area contributed by atoms with Crippen molar-refractivity contribution in [1.82, 2.24) is 15.2 Å². The van der Waals surface area contributed by atoms with Gasteiger partial charge in [-0.2, -0.15) is 0 Å². The van der Waals surface area contributed by atoms with Crippen LogP contribution >= 0.6 is 0 Å². The molecule has 1 amide bonds. The zero-order chi connectivity index (χ0) is 16.8. The fourth-order valence-corrected chi connectivity index (χ4v) is 2.55. The molecule has 0 aliphatic carbocycles. The Morgan fingerprint density at radius 1 is 1.26 bits per heavy atom. The average Bonchev–Trinajstić information content (AvgIpc) is 2.56. The monoisotopic (exact) mass is 315 g/mol. The molecule has 4 nitrogen and oxygen atoms in total. The highest BCUT2D eigenvalue weighted by Gasteiger charge is 2.15. The Kier molecular flexibility index (Phi) is 5.82. The van der Waals surface area contributed by atoms with Gasteiger partial charge in [0.2, 0.25) is 5.91 Å². The zero-order valence-electron chi connectivity index (χ0n) is 13.7. The number of hydrogen-bond donors (Lipinski definition) is 1. The van der Waals surface area contributed by atoms with Crippen LogP contribution in [0.5, 0.6) is 0 Å². The van der Waals surface area contributed by atoms with Gasteiger partial charge in [0, 0.05) is 44.0 Å². The van der Waals surface area contributed by atoms with Crippen LogP contribution < -0.4 is 5.32 Å². The Balaban J connectivity index is 2.05. The topological polar surface area (TPSA) is 45.2 Å². The Morgan fingerprint density at radius 3 is 2.57 bits per heavy atom. The van der Waals surface area contributed by atoms with Gasteiger partial charge in [-0.3, -0.25) is 9.78 Å². The van der Waals surface area contributed by atoms with E-state index in [2.05, 4.69) is 10.3 Å². The highest BCUT2D eigenvalue weighted by molar-refractivity contribution is 5.78. The molecule has 23 heavy (non-hydrogen) atoms. The van der Waals surface area contributed by atoms with E-state index in [-0.39, 0.29) is 17.6 Å². The summed E-state index contributed by atoms with van der Waals surface area (Å²) in [6, 6.07) is 8.95. The van der Waals surface area contributed by atoms with Gasteiger partial charge in [-0.05, 0) is 36.4 Å². The van der Waals surface area contributed by atoms with Crippen LogP contribution in [0.2, 0.25) is 0 Å². The lowest BCUT2D eigenvalue weighted by molar-refractivity contribution is -0.124. The molecule has 0 spiro atoms. The number of aromatic nitrogens is 1. The van der Waals surface area contributed by atoms with Crippen molar-refractivity contribution in [3.05, 3.63) is 54.1 Å². The second-order valence-corrected chi connectivity index (χ2v) is 5.75. The van der Waals surface area contributed by atoms with Crippen LogP contribution in [0.4, 0.5) is 4.39 Å². The van der Waals surface area contributed by atoms with Crippen LogP contribution in [-0.2, 0) is 11.3 Å². The third-order valence-corrected chi connectivity index (χ3v) is 3.79. The molecule has 2 aromatic rings. The fourth-order valence-electron chi connectivity index (χ4n) is 2.55. The van der Waals surface area contributed by atoms with E-state index in [9.17, 15) is 9.18 Å². The molecule has 0 saturated heterocycles. The van der Waals surface area contributed by atoms with Crippen molar-refractivity contribution in [2.75, 3.05) is 20.6 Å². The number of benzene rings is 1. The summed E-state index contributed by atoms with van der Waals surface area (Å²) >= 11 is 0. The molecule has 0 saturated carbocycles. The molecule has 1 aromatic heterocycles. The van der Waals surface area contributed by atoms with Gasteiger partial charge in [0.25, 0.3) is 0 Å². The number of rotatable bonds is 6. The molecular formula is C18H22FN3O. The van der Waals surface area contributed by atoms with Crippen molar-refractivity contribution in [3.8, 4) is 11.1 Å². The van der Waals surface area contributed by atoms with Gasteiger partial charge < -0.3 is 10.2 Å². The number of pyridine rings is 1. The quantitative estimate of drug-likeness (QED) is 0.891. The van der Waals surface area contributed by atoms with E-state index in [1.54, 1.807) is 31.6 Å². The van der Waals surface area contributed by atoms with Crippen molar-refractivity contribution < 1.29 is 9.18 Å². The van der Waals surface area contributed by atoms with Crippen molar-refractivity contribution in [2.24, 2.45) is 5.92 Å². The summed E-state index contributed by atoms with van der Waals surface area (Å²) in [6.07, 6.45) is 3.38. The number of nitrogens with zero attached hydrogens (tertiary/aromatic N) is 2. The summed E-state index contributed by atoms with van der Waals surface area (Å²) < 4.78 is 14.3. The van der Waals surface area contributed by atoms with Gasteiger partial charge in [0.1, 0.15) is 5.82 Å². The second kappa shape index (κ2) is 7.83. The molecule has 1 N–H and O–H groups in total. The van der Waals surface area contributed by atoms with Crippen LogP contribution in [-0.4, -0.2) is 36.4 Å². The number of carbonyl (C=O) groups is 1. The minimum Gasteiger partial charge on any atom is -0.359 e. The third kappa shape index (κ3) is 4.60. The minimum absolute atomic E-state index is 0.00893. The smallest absolute Gasteiger partial charge is 0.223 e. The van der Waals surface area contributed by atoms with E-state index in [0.29, 0.717) is 18.7 Å². The van der Waals surface area contributed by atoms with Crippen molar-refractivity contribution >= 4 is 5.91 Å². The lowest BCUT2D eigenvalue weighted by atomic mass is 10.0. The molecule has 0 aliphatic rings. The number of hydrogen-bond acceptors (Lipinski definition) is 3. The molecule has 1 heterocycles. The van der Waals surface area contributed by atoms with Gasteiger partial charge in [-0.1, -0.05) is 19.1 Å². The van der Waals surface area contributed by atoms with E-state index in [1.807, 2.05) is 37.1 Å². The van der Waals surface area contributed by atoms with Crippen molar-refractivity contribution in [3.63, 3.8) is 0 Å². The first-order valence-electron chi connectivity index (χ1n) is 7.60. The molecule has 0 unspecified atom stereocenters. The maximum Gasteiger partial charge on any atom is 0.223 e. The largest absolute Gasteiger partial charge is 0.359 e. The normalized spacial score (nSPS) is 12.2. The Morgan fingerprint density at radius 2 is 1.96 bits per heavy atom. The van der Waals surface area contributed by atoms with E-state index in [1.165, 1.54) is 0 Å². The number of amides is 1. The minimum atomic E-state index is -0.237. The maximum atomic E-state index is 14.3. The van der Waals surface area contributed by atoms with Crippen LogP contribution in [0.25, 0.3) is 11.1 Å². The number of halogens is 1. The van der Waals surface area contributed by atoms with E-state index < -0.39 is 0 Å². The average molecular weight is 315 g/mol. The molecule has 5 heteroatoms. The SMILES string of the molecule is CNC(=O)[C@H](C)CN(C)Cc1ccc(-c2ccncc2)cc1F. The molecule has 0 bridgehead atoms. The predicted molar refractivity (Wildman–Crippen MR) is 89.2 cm³/mol. The first kappa shape index (κ1) is 17.1. The lowest BCUT2D eigenvalue weighted by Gasteiger charge is -2.21. The number of nitrogens with one attached hydrogen (secondary N) is 1. The van der Waals surface area contributed by atoms with Crippen LogP contribution in [0.15, 0.2) is 42.7 Å². The Hall–Kier alpha value is -2.27. The van der Waals surface area contributed by atoms with Gasteiger partial charge in [0.05, 0.1) is 0 Å². The lowest BCUT2D eigenvalue weighted by Crippen LogP contribution is -2.34. The summed E-state index contributed by atoms with van der Waals surface area (Å²) in [6.45, 7) is 2.90. The molecule has 1 atom stereocenters. The maximum absolute atomic E-state index is 14.3. The predicted octanol–water partition coefficient (Wildman–Crippen LogP) is 2.70. The van der Waals surface area contributed by atoms with Gasteiger partial charge in [0.15, 0.2) is 0 Å². The third-order valence-electron chi connectivity index (χ3n) is 3.79. The van der Waals surface area contributed by atoms with E-state index in [0.717, 1.165) is 11.1 Å². The van der Waals surface area contributed by atoms with E-state index in [4.69, 9.17) is 0 Å². The highest BCUT2D eigenvalue weighted by Crippen LogP contribution is 2.22. The van der Waals surface area contributed by atoms with Crippen LogP contribution in [0, 0.1) is 11.7 Å². The van der Waals surface area contributed by atoms with Crippen molar-refractivity contribution in [1.29, 1.82) is 0 Å². The van der Waals surface area contributed by atoms with Gasteiger partial charge in [-0.25, -0.2) is 4.39 Å². The first-order chi connectivity index (χ1) is 11.0. The zero-order valence-corrected chi connectivity index (χ0v) is 13.7. The highest BCUT2D eigenvalue weighted by atomic mass is 19.1. The van der Waals surface area contributed by atoms with Crippen LogP contribution in [0.1, 0.15) is 12.5 Å². The number of carbonyl (C=O) groups excluding carboxylic acids is 1. The first-order valence-corrected chi connectivity index (χ1v) is 7.60. The van der Waals surface area contributed by atoms with Crippen LogP contribution in [0.3, 0.4) is 0 Å². The molecule has 0 radical (unpaired) electrons. The molecule has 1 aromatic carbocycles. The van der Waals surface area contributed by atoms with E-state index >= 15 is 0 Å². The van der Waals surface area contributed by atoms with Gasteiger partial charge in [-0.15, -0.1) is 0 Å². The summed E-state index contributed by atoms with van der Waals surface area (Å²) in [5.74, 6) is -0.381. The van der Waals surface area contributed by atoms with Crippen molar-refractivity contribution in [2.45, 2.75) is 13.5 Å². The second-order valence-electron chi connectivity index (χ2n) is 5.75. The molecule has 2 rings (SSSR count). The summed E-state index contributed by atoms with van der Waals surface area (Å²) in [5, 5.41) is 2.63.